The zero-order valence-corrected chi connectivity index (χ0v) is 17.6. The second-order valence-electron chi connectivity index (χ2n) is 7.10. The topological polar surface area (TPSA) is 118 Å². The number of carbonyl (C=O) groups excluding carboxylic acids is 2. The van der Waals surface area contributed by atoms with Crippen LogP contribution in [-0.2, 0) is 14.3 Å². The number of amides is 1. The Labute approximate surface area is 178 Å². The first-order chi connectivity index (χ1) is 13.9. The maximum absolute atomic E-state index is 12.3. The third kappa shape index (κ3) is 6.14. The number of aryl methyl sites for hydroxylation is 1. The summed E-state index contributed by atoms with van der Waals surface area (Å²) in [5, 5.41) is 13.2. The fraction of sp³-hybridized carbons (Fsp3) is 0.556. The van der Waals surface area contributed by atoms with Gasteiger partial charge in [-0.25, -0.2) is 9.78 Å². The number of hydrogen-bond donors (Lipinski definition) is 3. The molecule has 0 radical (unpaired) electrons. The Morgan fingerprint density at radius 2 is 2.00 bits per heavy atom. The van der Waals surface area contributed by atoms with Crippen molar-refractivity contribution in [3.8, 4) is 0 Å². The number of halogens is 4. The number of pyridine rings is 1. The van der Waals surface area contributed by atoms with Gasteiger partial charge in [0.25, 0.3) is 5.91 Å². The maximum Gasteiger partial charge on any atom is 0.490 e. The highest BCUT2D eigenvalue weighted by atomic mass is 79.9. The average Bonchev–Trinajstić information content (AvgIpc) is 2.95. The number of aromatic nitrogens is 1. The van der Waals surface area contributed by atoms with Crippen LogP contribution in [0.5, 0.6) is 0 Å². The van der Waals surface area contributed by atoms with Crippen molar-refractivity contribution in [1.82, 2.24) is 15.6 Å². The number of alkyl halides is 3. The number of esters is 1. The number of hydrogen-bond acceptors (Lipinski definition) is 6. The van der Waals surface area contributed by atoms with E-state index in [2.05, 4.69) is 31.5 Å². The predicted molar refractivity (Wildman–Crippen MR) is 102 cm³/mol. The number of rotatable bonds is 3. The SMILES string of the molecule is Cc1cc(Br)ncc1C(=O)NCC1CC2(CCNCC2)C(=O)O1.O=C(O)C(F)(F)F. The van der Waals surface area contributed by atoms with Crippen LogP contribution in [-0.4, -0.2) is 59.9 Å². The number of ether oxygens (including phenoxy) is 1. The highest BCUT2D eigenvalue weighted by Gasteiger charge is 2.49. The molecule has 1 atom stereocenters. The lowest BCUT2D eigenvalue weighted by atomic mass is 9.76. The summed E-state index contributed by atoms with van der Waals surface area (Å²) < 4.78 is 37.9. The molecule has 1 aromatic heterocycles. The zero-order valence-electron chi connectivity index (χ0n) is 16.0. The molecule has 1 spiro atoms. The monoisotopic (exact) mass is 495 g/mol. The van der Waals surface area contributed by atoms with E-state index in [0.29, 0.717) is 23.1 Å². The average molecular weight is 496 g/mol. The first-order valence-corrected chi connectivity index (χ1v) is 9.86. The summed E-state index contributed by atoms with van der Waals surface area (Å²) in [4.78, 5) is 37.4. The molecule has 3 heterocycles. The molecule has 0 aliphatic carbocycles. The van der Waals surface area contributed by atoms with Gasteiger partial charge in [0.1, 0.15) is 10.7 Å². The van der Waals surface area contributed by atoms with Crippen LogP contribution in [0.1, 0.15) is 35.2 Å². The van der Waals surface area contributed by atoms with Crippen molar-refractivity contribution in [2.45, 2.75) is 38.5 Å². The van der Waals surface area contributed by atoms with Crippen LogP contribution >= 0.6 is 15.9 Å². The number of nitrogens with zero attached hydrogens (tertiary/aromatic N) is 1. The van der Waals surface area contributed by atoms with E-state index in [9.17, 15) is 22.8 Å². The second kappa shape index (κ2) is 9.73. The molecule has 2 aliphatic heterocycles. The molecule has 0 bridgehead atoms. The normalized spacial score (nSPS) is 20.2. The maximum atomic E-state index is 12.3. The van der Waals surface area contributed by atoms with Gasteiger partial charge in [-0.2, -0.15) is 13.2 Å². The van der Waals surface area contributed by atoms with Gasteiger partial charge < -0.3 is 20.5 Å². The lowest BCUT2D eigenvalue weighted by Gasteiger charge is -2.29. The van der Waals surface area contributed by atoms with E-state index < -0.39 is 12.1 Å². The Hall–Kier alpha value is -2.21. The van der Waals surface area contributed by atoms with Crippen molar-refractivity contribution < 1.29 is 37.4 Å². The van der Waals surface area contributed by atoms with Gasteiger partial charge in [-0.05, 0) is 60.4 Å². The molecule has 0 aromatic carbocycles. The van der Waals surface area contributed by atoms with Crippen molar-refractivity contribution in [2.75, 3.05) is 19.6 Å². The van der Waals surface area contributed by atoms with Crippen molar-refractivity contribution in [3.05, 3.63) is 28.0 Å². The molecule has 12 heteroatoms. The smallest absolute Gasteiger partial charge is 0.475 e. The highest BCUT2D eigenvalue weighted by Crippen LogP contribution is 2.41. The summed E-state index contributed by atoms with van der Waals surface area (Å²) >= 11 is 3.28. The lowest BCUT2D eigenvalue weighted by Crippen LogP contribution is -2.39. The van der Waals surface area contributed by atoms with Crippen LogP contribution in [0.4, 0.5) is 13.2 Å². The van der Waals surface area contributed by atoms with Gasteiger partial charge in [0, 0.05) is 12.6 Å². The van der Waals surface area contributed by atoms with Crippen LogP contribution in [0.25, 0.3) is 0 Å². The van der Waals surface area contributed by atoms with Gasteiger partial charge in [-0.1, -0.05) is 0 Å². The van der Waals surface area contributed by atoms with E-state index in [4.69, 9.17) is 14.6 Å². The van der Waals surface area contributed by atoms with Gasteiger partial charge in [0.2, 0.25) is 0 Å². The van der Waals surface area contributed by atoms with E-state index in [1.54, 1.807) is 12.3 Å². The van der Waals surface area contributed by atoms with Crippen LogP contribution in [0.3, 0.4) is 0 Å². The van der Waals surface area contributed by atoms with Crippen LogP contribution < -0.4 is 10.6 Å². The molecule has 3 rings (SSSR count). The third-order valence-corrected chi connectivity index (χ3v) is 5.37. The minimum absolute atomic E-state index is 0.111. The molecule has 2 saturated heterocycles. The van der Waals surface area contributed by atoms with Crippen molar-refractivity contribution >= 4 is 33.8 Å². The molecule has 2 fully saturated rings. The lowest BCUT2D eigenvalue weighted by molar-refractivity contribution is -0.192. The molecule has 0 saturated carbocycles. The van der Waals surface area contributed by atoms with Crippen LogP contribution in [0.2, 0.25) is 0 Å². The minimum atomic E-state index is -5.08. The highest BCUT2D eigenvalue weighted by molar-refractivity contribution is 9.10. The number of piperidine rings is 1. The molecule has 8 nitrogen and oxygen atoms in total. The summed E-state index contributed by atoms with van der Waals surface area (Å²) in [6.07, 6.45) is -1.47. The Morgan fingerprint density at radius 1 is 1.40 bits per heavy atom. The van der Waals surface area contributed by atoms with Crippen molar-refractivity contribution in [1.29, 1.82) is 0 Å². The van der Waals surface area contributed by atoms with Gasteiger partial charge in [-0.15, -0.1) is 0 Å². The molecule has 166 valence electrons. The molecule has 2 aliphatic rings. The van der Waals surface area contributed by atoms with Gasteiger partial charge >= 0.3 is 18.1 Å². The quantitative estimate of drug-likeness (QED) is 0.434. The minimum Gasteiger partial charge on any atom is -0.475 e. The Kier molecular flexibility index (Phi) is 7.81. The fourth-order valence-electron chi connectivity index (χ4n) is 3.33. The van der Waals surface area contributed by atoms with Crippen LogP contribution in [0, 0.1) is 12.3 Å². The van der Waals surface area contributed by atoms with E-state index in [1.165, 1.54) is 0 Å². The molecule has 1 aromatic rings. The number of carboxylic acid groups (broad SMARTS) is 1. The van der Waals surface area contributed by atoms with E-state index >= 15 is 0 Å². The Balaban J connectivity index is 0.000000396. The molecular weight excluding hydrogens is 475 g/mol. The van der Waals surface area contributed by atoms with E-state index in [0.717, 1.165) is 31.5 Å². The Morgan fingerprint density at radius 3 is 2.53 bits per heavy atom. The fourth-order valence-corrected chi connectivity index (χ4v) is 3.77. The summed E-state index contributed by atoms with van der Waals surface area (Å²) in [6.45, 7) is 3.89. The first kappa shape index (κ1) is 24.1. The summed E-state index contributed by atoms with van der Waals surface area (Å²) in [7, 11) is 0. The molecule has 1 unspecified atom stereocenters. The predicted octanol–water partition coefficient (Wildman–Crippen LogP) is 2.20. The first-order valence-electron chi connectivity index (χ1n) is 9.07. The number of nitrogens with one attached hydrogen (secondary N) is 2. The standard InChI is InChI=1S/C16H20BrN3O3.C2HF3O2/c1-10-6-13(17)19-9-12(10)14(21)20-8-11-7-16(15(22)23-11)2-4-18-5-3-16;3-2(4,5)1(6)7/h6,9,11,18H,2-5,7-8H2,1H3,(H,20,21);(H,6,7). The van der Waals surface area contributed by atoms with E-state index in [1.807, 2.05) is 6.92 Å². The summed E-state index contributed by atoms with van der Waals surface area (Å²) in [5.74, 6) is -3.06. The van der Waals surface area contributed by atoms with Crippen molar-refractivity contribution in [3.63, 3.8) is 0 Å². The van der Waals surface area contributed by atoms with Gasteiger partial charge in [0.15, 0.2) is 0 Å². The number of carboxylic acids is 1. The van der Waals surface area contributed by atoms with Crippen molar-refractivity contribution in [2.24, 2.45) is 5.41 Å². The van der Waals surface area contributed by atoms with E-state index in [-0.39, 0.29) is 23.4 Å². The summed E-state index contributed by atoms with van der Waals surface area (Å²) in [6, 6.07) is 1.80. The van der Waals surface area contributed by atoms with Crippen LogP contribution in [0.15, 0.2) is 16.9 Å². The number of cyclic esters (lactones) is 1. The molecular formula is C18H21BrF3N3O5. The van der Waals surface area contributed by atoms with Gasteiger partial charge in [-0.3, -0.25) is 9.59 Å². The summed E-state index contributed by atoms with van der Waals surface area (Å²) in [5.41, 5.74) is 1.03. The number of carbonyl (C=O) groups is 3. The second-order valence-corrected chi connectivity index (χ2v) is 7.91. The third-order valence-electron chi connectivity index (χ3n) is 4.94. The van der Waals surface area contributed by atoms with Gasteiger partial charge in [0.05, 0.1) is 17.5 Å². The zero-order chi connectivity index (χ0) is 22.5. The molecule has 30 heavy (non-hydrogen) atoms. The Bertz CT molecular complexity index is 813. The molecule has 3 N–H and O–H groups in total. The molecule has 1 amide bonds. The number of aliphatic carboxylic acids is 1. The largest absolute Gasteiger partial charge is 0.490 e.